The lowest BCUT2D eigenvalue weighted by Crippen LogP contribution is -2.30. The smallest absolute Gasteiger partial charge is 0.287 e. The van der Waals surface area contributed by atoms with Gasteiger partial charge in [-0.05, 0) is 12.1 Å². The third kappa shape index (κ3) is 2.60. The Morgan fingerprint density at radius 2 is 1.79 bits per heavy atom. The summed E-state index contributed by atoms with van der Waals surface area (Å²) in [6.45, 7) is 0. The van der Waals surface area contributed by atoms with Gasteiger partial charge in [0.2, 0.25) is 5.78 Å². The zero-order valence-corrected chi connectivity index (χ0v) is 10.1. The van der Waals surface area contributed by atoms with E-state index in [9.17, 15) is 13.6 Å². The summed E-state index contributed by atoms with van der Waals surface area (Å²) in [5.74, 6) is -4.50. The van der Waals surface area contributed by atoms with E-state index >= 15 is 0 Å². The maximum Gasteiger partial charge on any atom is 0.319 e. The predicted octanol–water partition coefficient (Wildman–Crippen LogP) is 3.66. The minimum absolute atomic E-state index is 0.0117. The fraction of sp³-hybridized carbons (Fsp3) is 0.222. The molecule has 1 aromatic carbocycles. The largest absolute Gasteiger partial charge is 0.319 e. The molecule has 1 nitrogen and oxygen atoms in total. The van der Waals surface area contributed by atoms with Crippen molar-refractivity contribution in [1.82, 2.24) is 0 Å². The number of ketones is 1. The molecule has 0 aliphatic rings. The van der Waals surface area contributed by atoms with E-state index in [0.717, 1.165) is 4.47 Å². The van der Waals surface area contributed by atoms with Gasteiger partial charge in [0.1, 0.15) is 0 Å². The Labute approximate surface area is 96.8 Å². The van der Waals surface area contributed by atoms with Gasteiger partial charge in [-0.3, -0.25) is 4.79 Å². The lowest BCUT2D eigenvalue weighted by atomic mass is 10.1. The molecule has 0 amide bonds. The van der Waals surface area contributed by atoms with Crippen LogP contribution in [-0.2, 0) is 0 Å². The van der Waals surface area contributed by atoms with Crippen molar-refractivity contribution >= 4 is 37.6 Å². The molecular weight excluding hydrogens is 322 g/mol. The van der Waals surface area contributed by atoms with Crippen molar-refractivity contribution < 1.29 is 13.6 Å². The second-order valence-corrected chi connectivity index (χ2v) is 4.15. The van der Waals surface area contributed by atoms with E-state index in [2.05, 4.69) is 31.9 Å². The highest BCUT2D eigenvalue weighted by Gasteiger charge is 2.37. The van der Waals surface area contributed by atoms with Crippen LogP contribution in [0.25, 0.3) is 0 Å². The second-order valence-electron chi connectivity index (χ2n) is 2.67. The molecule has 0 aromatic heterocycles. The molecular formula is C9H6Br2F2O. The number of carbonyl (C=O) groups is 1. The van der Waals surface area contributed by atoms with Crippen molar-refractivity contribution in [3.63, 3.8) is 0 Å². The van der Waals surface area contributed by atoms with Crippen LogP contribution < -0.4 is 0 Å². The predicted molar refractivity (Wildman–Crippen MR) is 57.2 cm³/mol. The Morgan fingerprint density at radius 3 is 2.21 bits per heavy atom. The van der Waals surface area contributed by atoms with E-state index in [1.165, 1.54) is 12.1 Å². The maximum atomic E-state index is 12.9. The normalized spacial score (nSPS) is 11.4. The average Bonchev–Trinajstić information content (AvgIpc) is 2.18. The first-order valence-electron chi connectivity index (χ1n) is 3.71. The molecule has 14 heavy (non-hydrogen) atoms. The van der Waals surface area contributed by atoms with Crippen LogP contribution >= 0.6 is 31.9 Å². The van der Waals surface area contributed by atoms with Gasteiger partial charge in [0, 0.05) is 10.0 Å². The van der Waals surface area contributed by atoms with Crippen LogP contribution in [0, 0.1) is 0 Å². The molecule has 0 saturated carbocycles. The molecule has 0 radical (unpaired) electrons. The molecule has 5 heteroatoms. The molecule has 0 fully saturated rings. The topological polar surface area (TPSA) is 17.1 Å². The fourth-order valence-corrected chi connectivity index (χ4v) is 1.39. The number of carbonyl (C=O) groups excluding carboxylic acids is 1. The van der Waals surface area contributed by atoms with Crippen molar-refractivity contribution in [2.45, 2.75) is 5.92 Å². The third-order valence-electron chi connectivity index (χ3n) is 1.61. The van der Waals surface area contributed by atoms with Crippen LogP contribution in [0.1, 0.15) is 10.4 Å². The first-order chi connectivity index (χ1) is 6.47. The van der Waals surface area contributed by atoms with Gasteiger partial charge in [0.05, 0.1) is 5.33 Å². The van der Waals surface area contributed by atoms with Crippen molar-refractivity contribution in [2.24, 2.45) is 0 Å². The highest BCUT2D eigenvalue weighted by molar-refractivity contribution is 9.10. The summed E-state index contributed by atoms with van der Waals surface area (Å²) in [5.41, 5.74) is 0.0117. The van der Waals surface area contributed by atoms with Gasteiger partial charge in [-0.15, -0.1) is 0 Å². The lowest BCUT2D eigenvalue weighted by molar-refractivity contribution is 0.0257. The van der Waals surface area contributed by atoms with Crippen LogP contribution in [-0.4, -0.2) is 17.0 Å². The van der Waals surface area contributed by atoms with Crippen molar-refractivity contribution in [3.05, 3.63) is 34.3 Å². The Morgan fingerprint density at radius 1 is 1.29 bits per heavy atom. The SMILES string of the molecule is O=C(c1ccc(Br)cc1)C(F)(F)CBr. The fourth-order valence-electron chi connectivity index (χ4n) is 0.873. The summed E-state index contributed by atoms with van der Waals surface area (Å²) in [6.07, 6.45) is 0. The first kappa shape index (κ1) is 11.8. The van der Waals surface area contributed by atoms with E-state index in [-0.39, 0.29) is 5.56 Å². The highest BCUT2D eigenvalue weighted by atomic mass is 79.9. The van der Waals surface area contributed by atoms with Crippen LogP contribution in [0.15, 0.2) is 28.7 Å². The van der Waals surface area contributed by atoms with Gasteiger partial charge in [-0.2, -0.15) is 8.78 Å². The van der Waals surface area contributed by atoms with Crippen molar-refractivity contribution in [2.75, 3.05) is 5.33 Å². The number of hydrogen-bond acceptors (Lipinski definition) is 1. The zero-order chi connectivity index (χ0) is 10.8. The van der Waals surface area contributed by atoms with E-state index in [0.29, 0.717) is 0 Å². The van der Waals surface area contributed by atoms with E-state index in [1.54, 1.807) is 12.1 Å². The summed E-state index contributed by atoms with van der Waals surface area (Å²) in [7, 11) is 0. The summed E-state index contributed by atoms with van der Waals surface area (Å²) < 4.78 is 26.6. The lowest BCUT2D eigenvalue weighted by Gasteiger charge is -2.11. The summed E-state index contributed by atoms with van der Waals surface area (Å²) in [5, 5.41) is -0.658. The molecule has 0 unspecified atom stereocenters. The Hall–Kier alpha value is -0.290. The number of rotatable bonds is 3. The molecule has 0 spiro atoms. The molecule has 0 N–H and O–H groups in total. The van der Waals surface area contributed by atoms with Gasteiger partial charge in [-0.1, -0.05) is 44.0 Å². The Bertz CT molecular complexity index is 335. The number of benzene rings is 1. The molecule has 0 aliphatic carbocycles. The molecule has 1 rings (SSSR count). The van der Waals surface area contributed by atoms with Gasteiger partial charge >= 0.3 is 5.92 Å². The first-order valence-corrected chi connectivity index (χ1v) is 5.63. The number of Topliss-reactive ketones (excluding diaryl/α,β-unsaturated/α-hetero) is 1. The Balaban J connectivity index is 2.96. The van der Waals surface area contributed by atoms with Crippen LogP contribution in [0.3, 0.4) is 0 Å². The monoisotopic (exact) mass is 326 g/mol. The van der Waals surface area contributed by atoms with Crippen LogP contribution in [0.4, 0.5) is 8.78 Å². The molecule has 0 bridgehead atoms. The maximum absolute atomic E-state index is 12.9. The Kier molecular flexibility index (Phi) is 3.78. The number of hydrogen-bond donors (Lipinski definition) is 0. The number of halogens is 4. The van der Waals surface area contributed by atoms with Crippen molar-refractivity contribution in [3.8, 4) is 0 Å². The van der Waals surface area contributed by atoms with E-state index in [4.69, 9.17) is 0 Å². The van der Waals surface area contributed by atoms with E-state index < -0.39 is 17.0 Å². The molecule has 0 atom stereocenters. The highest BCUT2D eigenvalue weighted by Crippen LogP contribution is 2.23. The summed E-state index contributed by atoms with van der Waals surface area (Å²) in [4.78, 5) is 11.2. The quantitative estimate of drug-likeness (QED) is 0.611. The molecule has 0 heterocycles. The zero-order valence-electron chi connectivity index (χ0n) is 6.94. The van der Waals surface area contributed by atoms with E-state index in [1.807, 2.05) is 0 Å². The van der Waals surface area contributed by atoms with Gasteiger partial charge in [-0.25, -0.2) is 0 Å². The molecule has 1 aromatic rings. The molecule has 76 valence electrons. The third-order valence-corrected chi connectivity index (χ3v) is 2.84. The summed E-state index contributed by atoms with van der Waals surface area (Å²) in [6, 6.07) is 5.83. The molecule has 0 aliphatic heterocycles. The van der Waals surface area contributed by atoms with Gasteiger partial charge in [0.25, 0.3) is 0 Å². The summed E-state index contributed by atoms with van der Waals surface area (Å²) >= 11 is 5.76. The number of alkyl halides is 3. The van der Waals surface area contributed by atoms with Crippen LogP contribution in [0.5, 0.6) is 0 Å². The van der Waals surface area contributed by atoms with Crippen LogP contribution in [0.2, 0.25) is 0 Å². The minimum Gasteiger partial charge on any atom is -0.287 e. The van der Waals surface area contributed by atoms with Gasteiger partial charge < -0.3 is 0 Å². The standard InChI is InChI=1S/C9H6Br2F2O/c10-5-9(12,13)8(14)6-1-3-7(11)4-2-6/h1-4H,5H2. The van der Waals surface area contributed by atoms with Gasteiger partial charge in [0.15, 0.2) is 0 Å². The molecule has 0 saturated heterocycles. The second kappa shape index (κ2) is 4.49. The average molecular weight is 328 g/mol. The van der Waals surface area contributed by atoms with Crippen molar-refractivity contribution in [1.29, 1.82) is 0 Å². The minimum atomic E-state index is -3.34.